The van der Waals surface area contributed by atoms with Gasteiger partial charge in [-0.15, -0.1) is 11.8 Å². The van der Waals surface area contributed by atoms with Crippen LogP contribution in [0.15, 0.2) is 27.9 Å². The Labute approximate surface area is 151 Å². The highest BCUT2D eigenvalue weighted by molar-refractivity contribution is 7.98. The van der Waals surface area contributed by atoms with E-state index in [1.54, 1.807) is 12.3 Å². The summed E-state index contributed by atoms with van der Waals surface area (Å²) < 4.78 is 10.9. The molecule has 1 saturated heterocycles. The summed E-state index contributed by atoms with van der Waals surface area (Å²) in [6, 6.07) is 3.65. The molecule has 0 radical (unpaired) electrons. The second-order valence-electron chi connectivity index (χ2n) is 6.41. The lowest BCUT2D eigenvalue weighted by molar-refractivity contribution is -0.0587. The van der Waals surface area contributed by atoms with Gasteiger partial charge >= 0.3 is 0 Å². The molecule has 0 aromatic carbocycles. The molecular formula is C18H23N3O3S. The first-order valence-electron chi connectivity index (χ1n) is 8.40. The number of ether oxygens (including phenoxy) is 1. The fourth-order valence-electron chi connectivity index (χ4n) is 3.03. The molecule has 3 heterocycles. The van der Waals surface area contributed by atoms with Gasteiger partial charge in [0.1, 0.15) is 10.8 Å². The lowest BCUT2D eigenvalue weighted by Gasteiger charge is -2.35. The van der Waals surface area contributed by atoms with E-state index in [-0.39, 0.29) is 18.1 Å². The fraction of sp³-hybridized carbons (Fsp3) is 0.500. The van der Waals surface area contributed by atoms with Crippen LogP contribution < -0.4 is 0 Å². The molecule has 2 aromatic heterocycles. The summed E-state index contributed by atoms with van der Waals surface area (Å²) in [5.41, 5.74) is 2.58. The van der Waals surface area contributed by atoms with E-state index in [1.807, 2.05) is 38.7 Å². The molecule has 1 aliphatic rings. The van der Waals surface area contributed by atoms with Crippen LogP contribution in [0.2, 0.25) is 0 Å². The van der Waals surface area contributed by atoms with E-state index < -0.39 is 0 Å². The number of aromatic nitrogens is 2. The van der Waals surface area contributed by atoms with Gasteiger partial charge in [-0.2, -0.15) is 0 Å². The minimum absolute atomic E-state index is 0.0105. The topological polar surface area (TPSA) is 68.5 Å². The summed E-state index contributed by atoms with van der Waals surface area (Å²) in [7, 11) is 0. The molecule has 3 rings (SSSR count). The van der Waals surface area contributed by atoms with E-state index in [9.17, 15) is 4.79 Å². The largest absolute Gasteiger partial charge is 0.372 e. The number of aryl methyl sites for hydroxylation is 2. The molecule has 1 fully saturated rings. The summed E-state index contributed by atoms with van der Waals surface area (Å²) in [5, 5.41) is 4.71. The molecule has 134 valence electrons. The molecule has 1 aliphatic heterocycles. The molecule has 0 unspecified atom stereocenters. The molecule has 0 N–H and O–H groups in total. The van der Waals surface area contributed by atoms with Crippen molar-refractivity contribution in [3.05, 3.63) is 40.9 Å². The van der Waals surface area contributed by atoms with Crippen LogP contribution >= 0.6 is 11.8 Å². The van der Waals surface area contributed by atoms with Gasteiger partial charge in [-0.3, -0.25) is 4.79 Å². The van der Waals surface area contributed by atoms with Crippen molar-refractivity contribution in [1.29, 1.82) is 0 Å². The van der Waals surface area contributed by atoms with Crippen molar-refractivity contribution in [2.75, 3.05) is 13.1 Å². The maximum atomic E-state index is 13.0. The van der Waals surface area contributed by atoms with Gasteiger partial charge in [0.05, 0.1) is 23.5 Å². The zero-order valence-corrected chi connectivity index (χ0v) is 15.8. The molecule has 0 saturated carbocycles. The number of carbonyl (C=O) groups is 1. The van der Waals surface area contributed by atoms with Crippen molar-refractivity contribution in [1.82, 2.24) is 15.0 Å². The molecule has 7 heteroatoms. The highest BCUT2D eigenvalue weighted by Gasteiger charge is 2.28. The van der Waals surface area contributed by atoms with E-state index in [0.717, 1.165) is 22.0 Å². The smallest absolute Gasteiger partial charge is 0.256 e. The maximum absolute atomic E-state index is 13.0. The van der Waals surface area contributed by atoms with Crippen LogP contribution in [-0.2, 0) is 10.5 Å². The van der Waals surface area contributed by atoms with Crippen molar-refractivity contribution in [2.24, 2.45) is 0 Å². The Morgan fingerprint density at radius 1 is 1.32 bits per heavy atom. The van der Waals surface area contributed by atoms with Crippen LogP contribution in [0.3, 0.4) is 0 Å². The van der Waals surface area contributed by atoms with Crippen molar-refractivity contribution < 1.29 is 14.1 Å². The molecule has 0 aliphatic carbocycles. The molecule has 6 nitrogen and oxygen atoms in total. The zero-order chi connectivity index (χ0) is 18.0. The quantitative estimate of drug-likeness (QED) is 0.779. The van der Waals surface area contributed by atoms with Gasteiger partial charge in [-0.05, 0) is 39.8 Å². The zero-order valence-electron chi connectivity index (χ0n) is 15.0. The van der Waals surface area contributed by atoms with Crippen molar-refractivity contribution in [3.8, 4) is 0 Å². The Kier molecular flexibility index (Phi) is 5.44. The predicted octanol–water partition coefficient (Wildman–Crippen LogP) is 3.23. The summed E-state index contributed by atoms with van der Waals surface area (Å²) in [6.45, 7) is 9.01. The highest BCUT2D eigenvalue weighted by atomic mass is 32.2. The number of nitrogens with zero attached hydrogens (tertiary/aromatic N) is 3. The Morgan fingerprint density at radius 3 is 2.68 bits per heavy atom. The van der Waals surface area contributed by atoms with E-state index in [1.165, 1.54) is 11.8 Å². The lowest BCUT2D eigenvalue weighted by atomic mass is 10.2. The van der Waals surface area contributed by atoms with E-state index in [4.69, 9.17) is 9.26 Å². The number of morpholine rings is 1. The van der Waals surface area contributed by atoms with Gasteiger partial charge < -0.3 is 14.2 Å². The number of thioether (sulfide) groups is 1. The van der Waals surface area contributed by atoms with Crippen LogP contribution in [-0.4, -0.2) is 46.2 Å². The Hall–Kier alpha value is -1.86. The third-order valence-corrected chi connectivity index (χ3v) is 5.27. The monoisotopic (exact) mass is 361 g/mol. The number of amides is 1. The SMILES string of the molecule is Cc1noc(C)c1CSc1ncccc1C(=O)N1C[C@H](C)O[C@@H](C)C1. The summed E-state index contributed by atoms with van der Waals surface area (Å²) in [4.78, 5) is 19.3. The third-order valence-electron chi connectivity index (χ3n) is 4.24. The molecule has 1 amide bonds. The summed E-state index contributed by atoms with van der Waals surface area (Å²) in [6.07, 6.45) is 1.81. The Bertz CT molecular complexity index is 732. The van der Waals surface area contributed by atoms with Crippen molar-refractivity contribution >= 4 is 17.7 Å². The average molecular weight is 361 g/mol. The van der Waals surface area contributed by atoms with Gasteiger partial charge in [0.15, 0.2) is 0 Å². The minimum atomic E-state index is 0.0105. The van der Waals surface area contributed by atoms with Crippen LogP contribution in [0, 0.1) is 13.8 Å². The molecule has 2 atom stereocenters. The molecule has 0 spiro atoms. The maximum Gasteiger partial charge on any atom is 0.256 e. The number of hydrogen-bond acceptors (Lipinski definition) is 6. The number of pyridine rings is 1. The van der Waals surface area contributed by atoms with Gasteiger partial charge in [-0.25, -0.2) is 4.98 Å². The standard InChI is InChI=1S/C18H23N3O3S/c1-11-8-21(9-12(2)23-11)18(22)15-6-5-7-19-17(15)25-10-16-13(3)20-24-14(16)4/h5-7,11-12H,8-10H2,1-4H3/t11-,12-/m0/s1. The van der Waals surface area contributed by atoms with E-state index >= 15 is 0 Å². The Morgan fingerprint density at radius 2 is 2.04 bits per heavy atom. The predicted molar refractivity (Wildman–Crippen MR) is 95.7 cm³/mol. The van der Waals surface area contributed by atoms with E-state index in [2.05, 4.69) is 10.1 Å². The first-order valence-corrected chi connectivity index (χ1v) is 9.38. The van der Waals surface area contributed by atoms with Crippen LogP contribution in [0.5, 0.6) is 0 Å². The number of carbonyl (C=O) groups excluding carboxylic acids is 1. The van der Waals surface area contributed by atoms with Crippen molar-refractivity contribution in [2.45, 2.75) is 50.7 Å². The summed E-state index contributed by atoms with van der Waals surface area (Å²) in [5.74, 6) is 1.50. The highest BCUT2D eigenvalue weighted by Crippen LogP contribution is 2.28. The summed E-state index contributed by atoms with van der Waals surface area (Å²) >= 11 is 1.54. The first-order chi connectivity index (χ1) is 12.0. The fourth-order valence-corrected chi connectivity index (χ4v) is 4.17. The minimum Gasteiger partial charge on any atom is -0.372 e. The molecular weight excluding hydrogens is 338 g/mol. The first kappa shape index (κ1) is 17.9. The van der Waals surface area contributed by atoms with E-state index in [0.29, 0.717) is 24.4 Å². The second-order valence-corrected chi connectivity index (χ2v) is 7.38. The van der Waals surface area contributed by atoms with Gasteiger partial charge in [0.25, 0.3) is 5.91 Å². The average Bonchev–Trinajstić information content (AvgIpc) is 2.90. The van der Waals surface area contributed by atoms with Crippen LogP contribution in [0.25, 0.3) is 0 Å². The Balaban J connectivity index is 1.77. The van der Waals surface area contributed by atoms with Gasteiger partial charge in [0, 0.05) is 30.6 Å². The van der Waals surface area contributed by atoms with Crippen LogP contribution in [0.1, 0.15) is 41.2 Å². The molecule has 25 heavy (non-hydrogen) atoms. The normalized spacial score (nSPS) is 20.7. The molecule has 0 bridgehead atoms. The van der Waals surface area contributed by atoms with Crippen LogP contribution in [0.4, 0.5) is 0 Å². The van der Waals surface area contributed by atoms with Gasteiger partial charge in [0.2, 0.25) is 0 Å². The third kappa shape index (κ3) is 4.04. The number of rotatable bonds is 4. The van der Waals surface area contributed by atoms with Crippen molar-refractivity contribution in [3.63, 3.8) is 0 Å². The number of hydrogen-bond donors (Lipinski definition) is 0. The molecule has 2 aromatic rings. The van der Waals surface area contributed by atoms with Gasteiger partial charge in [-0.1, -0.05) is 5.16 Å². The lowest BCUT2D eigenvalue weighted by Crippen LogP contribution is -2.48. The second kappa shape index (κ2) is 7.58.